The van der Waals surface area contributed by atoms with E-state index < -0.39 is 23.9 Å². The standard InChI is InChI=1S/C23H24N4O5/c1-31-15-7-8-18(20(11-15)32-2)25-21(28)12-19-22(29)27(23(30)26-19)10-9-14-13-24-17-6-4-3-5-16(14)17/h3-8,11,13,19,24H,9-10,12H2,1-2H3,(H,25,28)(H,26,30). The lowest BCUT2D eigenvalue weighted by Crippen LogP contribution is -2.35. The van der Waals surface area contributed by atoms with Crippen LogP contribution in [0.1, 0.15) is 12.0 Å². The van der Waals surface area contributed by atoms with Crippen molar-refractivity contribution in [3.05, 3.63) is 54.2 Å². The van der Waals surface area contributed by atoms with Crippen LogP contribution in [0.3, 0.4) is 0 Å². The Labute approximate surface area is 184 Å². The van der Waals surface area contributed by atoms with E-state index in [9.17, 15) is 14.4 Å². The Balaban J connectivity index is 1.37. The van der Waals surface area contributed by atoms with Crippen LogP contribution < -0.4 is 20.1 Å². The molecule has 3 aromatic rings. The van der Waals surface area contributed by atoms with Gasteiger partial charge in [-0.25, -0.2) is 4.79 Å². The molecule has 4 amide bonds. The number of rotatable bonds is 8. The number of urea groups is 1. The number of aromatic nitrogens is 1. The first-order valence-electron chi connectivity index (χ1n) is 10.2. The largest absolute Gasteiger partial charge is 0.497 e. The summed E-state index contributed by atoms with van der Waals surface area (Å²) in [5, 5.41) is 6.38. The van der Waals surface area contributed by atoms with Crippen LogP contribution in [0.4, 0.5) is 10.5 Å². The van der Waals surface area contributed by atoms with Crippen LogP contribution in [0.5, 0.6) is 11.5 Å². The van der Waals surface area contributed by atoms with Gasteiger partial charge in [-0.15, -0.1) is 0 Å². The molecule has 9 nitrogen and oxygen atoms in total. The van der Waals surface area contributed by atoms with Crippen molar-refractivity contribution >= 4 is 34.4 Å². The summed E-state index contributed by atoms with van der Waals surface area (Å²) in [6, 6.07) is 11.4. The molecule has 1 aliphatic rings. The molecule has 0 radical (unpaired) electrons. The zero-order valence-corrected chi connectivity index (χ0v) is 17.8. The number of anilines is 1. The summed E-state index contributed by atoms with van der Waals surface area (Å²) >= 11 is 0. The number of hydrogen-bond acceptors (Lipinski definition) is 5. The van der Waals surface area contributed by atoms with Crippen LogP contribution in [0, 0.1) is 0 Å². The zero-order valence-electron chi connectivity index (χ0n) is 17.8. The molecule has 1 unspecified atom stereocenters. The number of aromatic amines is 1. The predicted molar refractivity (Wildman–Crippen MR) is 119 cm³/mol. The van der Waals surface area contributed by atoms with E-state index >= 15 is 0 Å². The molecule has 1 aliphatic heterocycles. The molecule has 32 heavy (non-hydrogen) atoms. The number of para-hydroxylation sites is 1. The lowest BCUT2D eigenvalue weighted by atomic mass is 10.1. The van der Waals surface area contributed by atoms with Gasteiger partial charge in [0.2, 0.25) is 5.91 Å². The number of hydrogen-bond donors (Lipinski definition) is 3. The van der Waals surface area contributed by atoms with Gasteiger partial charge in [0, 0.05) is 29.7 Å². The normalized spacial score (nSPS) is 15.7. The number of H-pyrrole nitrogens is 1. The smallest absolute Gasteiger partial charge is 0.324 e. The minimum atomic E-state index is -0.908. The second-order valence-electron chi connectivity index (χ2n) is 7.42. The Morgan fingerprint density at radius 3 is 2.72 bits per heavy atom. The van der Waals surface area contributed by atoms with Crippen molar-refractivity contribution in [2.45, 2.75) is 18.9 Å². The highest BCUT2D eigenvalue weighted by Crippen LogP contribution is 2.29. The third kappa shape index (κ3) is 4.22. The van der Waals surface area contributed by atoms with E-state index in [-0.39, 0.29) is 13.0 Å². The van der Waals surface area contributed by atoms with Crippen molar-refractivity contribution in [1.29, 1.82) is 0 Å². The van der Waals surface area contributed by atoms with Gasteiger partial charge in [0.05, 0.1) is 26.3 Å². The molecule has 2 aromatic carbocycles. The van der Waals surface area contributed by atoms with Crippen molar-refractivity contribution in [2.75, 3.05) is 26.1 Å². The second-order valence-corrected chi connectivity index (χ2v) is 7.42. The van der Waals surface area contributed by atoms with E-state index in [0.29, 0.717) is 23.6 Å². The third-order valence-electron chi connectivity index (χ3n) is 5.46. The molecule has 0 spiro atoms. The van der Waals surface area contributed by atoms with Crippen LogP contribution >= 0.6 is 0 Å². The summed E-state index contributed by atoms with van der Waals surface area (Å²) < 4.78 is 10.4. The Hall–Kier alpha value is -4.01. The Bertz CT molecular complexity index is 1170. The molecule has 1 saturated heterocycles. The molecule has 0 saturated carbocycles. The van der Waals surface area contributed by atoms with Crippen molar-refractivity contribution in [1.82, 2.24) is 15.2 Å². The molecule has 0 aliphatic carbocycles. The highest BCUT2D eigenvalue weighted by molar-refractivity contribution is 6.07. The van der Waals surface area contributed by atoms with E-state index in [1.807, 2.05) is 30.5 Å². The average molecular weight is 436 g/mol. The number of carbonyl (C=O) groups is 3. The summed E-state index contributed by atoms with van der Waals surface area (Å²) in [4.78, 5) is 42.0. The van der Waals surface area contributed by atoms with E-state index in [2.05, 4.69) is 15.6 Å². The van der Waals surface area contributed by atoms with Crippen LogP contribution in [-0.2, 0) is 16.0 Å². The number of methoxy groups -OCH3 is 2. The maximum Gasteiger partial charge on any atom is 0.324 e. The van der Waals surface area contributed by atoms with Crippen LogP contribution in [-0.4, -0.2) is 54.5 Å². The topological polar surface area (TPSA) is 113 Å². The first-order chi connectivity index (χ1) is 15.5. The van der Waals surface area contributed by atoms with Crippen molar-refractivity contribution in [3.8, 4) is 11.5 Å². The van der Waals surface area contributed by atoms with Gasteiger partial charge in [0.1, 0.15) is 17.5 Å². The lowest BCUT2D eigenvalue weighted by molar-refractivity contribution is -0.129. The Morgan fingerprint density at radius 1 is 1.12 bits per heavy atom. The molecular weight excluding hydrogens is 412 g/mol. The second kappa shape index (κ2) is 9.01. The first kappa shape index (κ1) is 21.2. The quantitative estimate of drug-likeness (QED) is 0.470. The summed E-state index contributed by atoms with van der Waals surface area (Å²) in [7, 11) is 3.02. The monoisotopic (exact) mass is 436 g/mol. The predicted octanol–water partition coefficient (Wildman–Crippen LogP) is 2.68. The summed E-state index contributed by atoms with van der Waals surface area (Å²) in [5.74, 6) is 0.195. The minimum Gasteiger partial charge on any atom is -0.497 e. The Kier molecular flexibility index (Phi) is 5.98. The summed E-state index contributed by atoms with van der Waals surface area (Å²) in [6.45, 7) is 0.233. The minimum absolute atomic E-state index is 0.177. The van der Waals surface area contributed by atoms with Gasteiger partial charge in [-0.1, -0.05) is 18.2 Å². The number of nitrogens with zero attached hydrogens (tertiary/aromatic N) is 1. The van der Waals surface area contributed by atoms with Gasteiger partial charge in [-0.2, -0.15) is 0 Å². The highest BCUT2D eigenvalue weighted by Gasteiger charge is 2.38. The lowest BCUT2D eigenvalue weighted by Gasteiger charge is -2.14. The highest BCUT2D eigenvalue weighted by atomic mass is 16.5. The molecule has 0 bridgehead atoms. The molecule has 3 N–H and O–H groups in total. The number of fused-ring (bicyclic) bond motifs is 1. The molecular formula is C23H24N4O5. The first-order valence-corrected chi connectivity index (χ1v) is 10.2. The van der Waals surface area contributed by atoms with Gasteiger partial charge in [0.25, 0.3) is 5.91 Å². The SMILES string of the molecule is COc1ccc(NC(=O)CC2NC(=O)N(CCc3c[nH]c4ccccc34)C2=O)c(OC)c1. The number of benzene rings is 2. The van der Waals surface area contributed by atoms with Crippen LogP contribution in [0.15, 0.2) is 48.7 Å². The molecule has 1 atom stereocenters. The summed E-state index contributed by atoms with van der Waals surface area (Å²) in [5.41, 5.74) is 2.48. The van der Waals surface area contributed by atoms with Crippen molar-refractivity contribution < 1.29 is 23.9 Å². The van der Waals surface area contributed by atoms with E-state index in [1.165, 1.54) is 14.2 Å². The number of imide groups is 1. The van der Waals surface area contributed by atoms with E-state index in [4.69, 9.17) is 9.47 Å². The number of nitrogens with one attached hydrogen (secondary N) is 3. The van der Waals surface area contributed by atoms with Gasteiger partial charge in [-0.3, -0.25) is 14.5 Å². The molecule has 166 valence electrons. The van der Waals surface area contributed by atoms with Crippen molar-refractivity contribution in [2.24, 2.45) is 0 Å². The third-order valence-corrected chi connectivity index (χ3v) is 5.46. The van der Waals surface area contributed by atoms with E-state index in [1.54, 1.807) is 18.2 Å². The van der Waals surface area contributed by atoms with Gasteiger partial charge >= 0.3 is 6.03 Å². The molecule has 1 aromatic heterocycles. The molecule has 9 heteroatoms. The maximum absolute atomic E-state index is 12.7. The molecule has 4 rings (SSSR count). The fraction of sp³-hybridized carbons (Fsp3) is 0.261. The van der Waals surface area contributed by atoms with Crippen LogP contribution in [0.25, 0.3) is 10.9 Å². The van der Waals surface area contributed by atoms with E-state index in [0.717, 1.165) is 21.4 Å². The van der Waals surface area contributed by atoms with Crippen molar-refractivity contribution in [3.63, 3.8) is 0 Å². The number of carbonyl (C=O) groups excluding carboxylic acids is 3. The van der Waals surface area contributed by atoms with Gasteiger partial charge < -0.3 is 25.1 Å². The van der Waals surface area contributed by atoms with Gasteiger partial charge in [-0.05, 0) is 30.2 Å². The fourth-order valence-corrected chi connectivity index (χ4v) is 3.79. The van der Waals surface area contributed by atoms with Gasteiger partial charge in [0.15, 0.2) is 0 Å². The molecule has 2 heterocycles. The maximum atomic E-state index is 12.7. The fourth-order valence-electron chi connectivity index (χ4n) is 3.79. The summed E-state index contributed by atoms with van der Waals surface area (Å²) in [6.07, 6.45) is 2.23. The zero-order chi connectivity index (χ0) is 22.7. The number of ether oxygens (including phenoxy) is 2. The molecule has 1 fully saturated rings. The van der Waals surface area contributed by atoms with Crippen LogP contribution in [0.2, 0.25) is 0 Å². The Morgan fingerprint density at radius 2 is 1.94 bits per heavy atom. The average Bonchev–Trinajstić information content (AvgIpc) is 3.33. The number of amides is 4.